The van der Waals surface area contributed by atoms with Crippen molar-refractivity contribution in [3.63, 3.8) is 0 Å². The maximum absolute atomic E-state index is 12.6. The Kier molecular flexibility index (Phi) is 5.43. The topological polar surface area (TPSA) is 71.4 Å². The van der Waals surface area contributed by atoms with Crippen molar-refractivity contribution < 1.29 is 14.3 Å². The lowest BCUT2D eigenvalue weighted by Gasteiger charge is -2.24. The molecule has 1 aliphatic heterocycles. The summed E-state index contributed by atoms with van der Waals surface area (Å²) >= 11 is 0. The first-order valence-electron chi connectivity index (χ1n) is 8.79. The molecule has 1 atom stereocenters. The molecule has 0 bridgehead atoms. The number of nitrogens with one attached hydrogen (secondary N) is 1. The maximum Gasteiger partial charge on any atom is 0.251 e. The second kappa shape index (κ2) is 7.92. The number of carbonyl (C=O) groups excluding carboxylic acids is 1. The lowest BCUT2D eigenvalue weighted by atomic mass is 9.95. The lowest BCUT2D eigenvalue weighted by molar-refractivity contribution is 0.0925. The minimum atomic E-state index is -0.166. The highest BCUT2D eigenvalue weighted by Crippen LogP contribution is 2.34. The van der Waals surface area contributed by atoms with E-state index in [0.717, 1.165) is 23.5 Å². The van der Waals surface area contributed by atoms with E-state index in [0.29, 0.717) is 24.3 Å². The van der Waals surface area contributed by atoms with E-state index < -0.39 is 0 Å². The normalized spacial score (nSPS) is 14.2. The fourth-order valence-corrected chi connectivity index (χ4v) is 2.93. The Bertz CT molecular complexity index is 822. The summed E-state index contributed by atoms with van der Waals surface area (Å²) in [7, 11) is 0. The molecule has 0 spiro atoms. The first-order chi connectivity index (χ1) is 12.6. The van der Waals surface area contributed by atoms with Gasteiger partial charge >= 0.3 is 0 Å². The molecule has 0 aliphatic carbocycles. The third-order valence-corrected chi connectivity index (χ3v) is 4.36. The van der Waals surface area contributed by atoms with E-state index in [9.17, 15) is 4.79 Å². The van der Waals surface area contributed by atoms with Gasteiger partial charge in [-0.05, 0) is 47.9 Å². The largest absolute Gasteiger partial charge is 0.490 e. The molecule has 3 rings (SSSR count). The standard InChI is InChI=1S/C21H22N2O3/c1-14(2)20(23-21(24)16-6-4-15(13-22)5-7-16)17-8-9-18-19(12-17)26-11-3-10-25-18/h4-9,12,14,20H,3,10-11H2,1-2H3,(H,23,24)/t20-/m0/s1. The zero-order valence-corrected chi connectivity index (χ0v) is 15.0. The van der Waals surface area contributed by atoms with Crippen LogP contribution < -0.4 is 14.8 Å². The molecule has 1 amide bonds. The van der Waals surface area contributed by atoms with E-state index in [2.05, 4.69) is 25.2 Å². The Labute approximate surface area is 153 Å². The molecular formula is C21H22N2O3. The van der Waals surface area contributed by atoms with Crippen LogP contribution in [-0.2, 0) is 0 Å². The summed E-state index contributed by atoms with van der Waals surface area (Å²) in [6, 6.07) is 14.3. The van der Waals surface area contributed by atoms with Gasteiger partial charge in [-0.15, -0.1) is 0 Å². The number of amides is 1. The van der Waals surface area contributed by atoms with Crippen LogP contribution in [0, 0.1) is 17.2 Å². The molecule has 26 heavy (non-hydrogen) atoms. The summed E-state index contributed by atoms with van der Waals surface area (Å²) in [6.45, 7) is 5.40. The SMILES string of the molecule is CC(C)[C@H](NC(=O)c1ccc(C#N)cc1)c1ccc2c(c1)OCCCO2. The van der Waals surface area contributed by atoms with Crippen LogP contribution in [0.4, 0.5) is 0 Å². The first kappa shape index (κ1) is 17.8. The Balaban J connectivity index is 1.81. The third-order valence-electron chi connectivity index (χ3n) is 4.36. The molecule has 0 radical (unpaired) electrons. The Morgan fingerprint density at radius 1 is 1.08 bits per heavy atom. The Hall–Kier alpha value is -3.00. The van der Waals surface area contributed by atoms with Crippen molar-refractivity contribution in [2.45, 2.75) is 26.3 Å². The van der Waals surface area contributed by atoms with Gasteiger partial charge in [0.25, 0.3) is 5.91 Å². The number of carbonyl (C=O) groups is 1. The number of nitriles is 1. The number of ether oxygens (including phenoxy) is 2. The van der Waals surface area contributed by atoms with Gasteiger partial charge in [-0.2, -0.15) is 5.26 Å². The van der Waals surface area contributed by atoms with E-state index in [-0.39, 0.29) is 17.9 Å². The highest BCUT2D eigenvalue weighted by molar-refractivity contribution is 5.94. The number of hydrogen-bond donors (Lipinski definition) is 1. The van der Waals surface area contributed by atoms with Gasteiger partial charge < -0.3 is 14.8 Å². The van der Waals surface area contributed by atoms with Crippen molar-refractivity contribution in [3.8, 4) is 17.6 Å². The Morgan fingerprint density at radius 2 is 1.77 bits per heavy atom. The zero-order chi connectivity index (χ0) is 18.5. The molecule has 0 saturated heterocycles. The minimum absolute atomic E-state index is 0.157. The summed E-state index contributed by atoms with van der Waals surface area (Å²) in [5, 5.41) is 12.0. The molecule has 2 aromatic carbocycles. The highest BCUT2D eigenvalue weighted by atomic mass is 16.5. The van der Waals surface area contributed by atoms with Crippen LogP contribution >= 0.6 is 0 Å². The van der Waals surface area contributed by atoms with Gasteiger partial charge in [0.15, 0.2) is 11.5 Å². The second-order valence-corrected chi connectivity index (χ2v) is 6.64. The molecule has 0 fully saturated rings. The van der Waals surface area contributed by atoms with E-state index in [1.165, 1.54) is 0 Å². The van der Waals surface area contributed by atoms with Crippen LogP contribution in [0.15, 0.2) is 42.5 Å². The van der Waals surface area contributed by atoms with Crippen molar-refractivity contribution in [2.24, 2.45) is 5.92 Å². The van der Waals surface area contributed by atoms with Crippen LogP contribution in [0.3, 0.4) is 0 Å². The predicted molar refractivity (Wildman–Crippen MR) is 98.3 cm³/mol. The molecule has 134 valence electrons. The quantitative estimate of drug-likeness (QED) is 0.909. The molecule has 5 heteroatoms. The smallest absolute Gasteiger partial charge is 0.251 e. The van der Waals surface area contributed by atoms with Gasteiger partial charge in [0.1, 0.15) is 0 Å². The van der Waals surface area contributed by atoms with E-state index >= 15 is 0 Å². The van der Waals surface area contributed by atoms with Crippen molar-refractivity contribution in [1.29, 1.82) is 5.26 Å². The number of nitrogens with zero attached hydrogens (tertiary/aromatic N) is 1. The summed E-state index contributed by atoms with van der Waals surface area (Å²) in [4.78, 5) is 12.6. The van der Waals surface area contributed by atoms with Gasteiger partial charge in [0.05, 0.1) is 30.9 Å². The van der Waals surface area contributed by atoms with Gasteiger partial charge in [0.2, 0.25) is 0 Å². The van der Waals surface area contributed by atoms with Crippen LogP contribution in [0.5, 0.6) is 11.5 Å². The summed E-state index contributed by atoms with van der Waals surface area (Å²) in [6.07, 6.45) is 0.854. The molecular weight excluding hydrogens is 328 g/mol. The average Bonchev–Trinajstić information content (AvgIpc) is 2.90. The van der Waals surface area contributed by atoms with E-state index in [4.69, 9.17) is 14.7 Å². The lowest BCUT2D eigenvalue weighted by Crippen LogP contribution is -2.31. The van der Waals surface area contributed by atoms with Gasteiger partial charge in [0, 0.05) is 12.0 Å². The third kappa shape index (κ3) is 3.97. The van der Waals surface area contributed by atoms with Crippen molar-refractivity contribution in [3.05, 3.63) is 59.2 Å². The monoisotopic (exact) mass is 350 g/mol. The molecule has 1 aliphatic rings. The summed E-state index contributed by atoms with van der Waals surface area (Å²) in [5.74, 6) is 1.49. The number of benzene rings is 2. The van der Waals surface area contributed by atoms with E-state index in [1.807, 2.05) is 18.2 Å². The number of rotatable bonds is 4. The maximum atomic E-state index is 12.6. The zero-order valence-electron chi connectivity index (χ0n) is 15.0. The molecule has 1 N–H and O–H groups in total. The highest BCUT2D eigenvalue weighted by Gasteiger charge is 2.21. The van der Waals surface area contributed by atoms with Crippen molar-refractivity contribution >= 4 is 5.91 Å². The van der Waals surface area contributed by atoms with Crippen molar-refractivity contribution in [2.75, 3.05) is 13.2 Å². The molecule has 0 unspecified atom stereocenters. The van der Waals surface area contributed by atoms with Crippen LogP contribution in [0.1, 0.15) is 47.8 Å². The van der Waals surface area contributed by atoms with Crippen molar-refractivity contribution in [1.82, 2.24) is 5.32 Å². The molecule has 5 nitrogen and oxygen atoms in total. The minimum Gasteiger partial charge on any atom is -0.490 e. The van der Waals surface area contributed by atoms with Crippen LogP contribution in [0.2, 0.25) is 0 Å². The summed E-state index contributed by atoms with van der Waals surface area (Å²) in [5.41, 5.74) is 2.04. The molecule has 1 heterocycles. The Morgan fingerprint density at radius 3 is 2.42 bits per heavy atom. The van der Waals surface area contributed by atoms with Crippen LogP contribution in [0.25, 0.3) is 0 Å². The van der Waals surface area contributed by atoms with E-state index in [1.54, 1.807) is 24.3 Å². The molecule has 2 aromatic rings. The van der Waals surface area contributed by atoms with Crippen LogP contribution in [-0.4, -0.2) is 19.1 Å². The summed E-state index contributed by atoms with van der Waals surface area (Å²) < 4.78 is 11.4. The van der Waals surface area contributed by atoms with Gasteiger partial charge in [-0.25, -0.2) is 0 Å². The number of hydrogen-bond acceptors (Lipinski definition) is 4. The molecule has 0 aromatic heterocycles. The molecule has 0 saturated carbocycles. The van der Waals surface area contributed by atoms with Gasteiger partial charge in [-0.3, -0.25) is 4.79 Å². The predicted octanol–water partition coefficient (Wildman–Crippen LogP) is 3.85. The fraction of sp³-hybridized carbons (Fsp3) is 0.333. The number of fused-ring (bicyclic) bond motifs is 1. The van der Waals surface area contributed by atoms with Gasteiger partial charge in [-0.1, -0.05) is 19.9 Å². The average molecular weight is 350 g/mol. The first-order valence-corrected chi connectivity index (χ1v) is 8.79. The fourth-order valence-electron chi connectivity index (χ4n) is 2.93. The second-order valence-electron chi connectivity index (χ2n) is 6.64.